The SMILES string of the molecule is CC/C=C\C/C=C\C/C=C\C/C=C\C/C=C\CCCCCCCCCCOCC(CO)OC(=O)CCCCCCCCCCCC/C=C\C/C=C\C/C=C\C/C=C\CC. The third-order valence-electron chi connectivity index (χ3n) is 10.1. The Morgan fingerprint density at radius 1 is 0.407 bits per heavy atom. The van der Waals surface area contributed by atoms with Crippen LogP contribution in [0.4, 0.5) is 0 Å². The largest absolute Gasteiger partial charge is 0.457 e. The molecule has 0 aromatic heterocycles. The maximum Gasteiger partial charge on any atom is 0.306 e. The number of hydrogen-bond acceptors (Lipinski definition) is 4. The Hall–Kier alpha value is -2.95. The fraction of sp³-hybridized carbons (Fsp3) is 0.655. The van der Waals surface area contributed by atoms with Crippen LogP contribution in [0.3, 0.4) is 0 Å². The monoisotopic (exact) mass is 817 g/mol. The lowest BCUT2D eigenvalue weighted by Crippen LogP contribution is -2.27. The molecule has 336 valence electrons. The fourth-order valence-corrected chi connectivity index (χ4v) is 6.52. The number of rotatable bonds is 44. The summed E-state index contributed by atoms with van der Waals surface area (Å²) < 4.78 is 11.2. The summed E-state index contributed by atoms with van der Waals surface area (Å²) in [6, 6.07) is 0. The molecule has 1 unspecified atom stereocenters. The highest BCUT2D eigenvalue weighted by Crippen LogP contribution is 2.14. The number of aliphatic hydroxyl groups is 1. The smallest absolute Gasteiger partial charge is 0.306 e. The third-order valence-corrected chi connectivity index (χ3v) is 10.1. The molecular formula is C55H92O4. The van der Waals surface area contributed by atoms with E-state index in [1.54, 1.807) is 0 Å². The van der Waals surface area contributed by atoms with Crippen molar-refractivity contribution in [2.45, 2.75) is 213 Å². The second kappa shape index (κ2) is 51.2. The van der Waals surface area contributed by atoms with E-state index in [9.17, 15) is 9.90 Å². The fourth-order valence-electron chi connectivity index (χ4n) is 6.52. The van der Waals surface area contributed by atoms with E-state index >= 15 is 0 Å². The average molecular weight is 817 g/mol. The summed E-state index contributed by atoms with van der Waals surface area (Å²) in [6.07, 6.45) is 74.5. The van der Waals surface area contributed by atoms with Crippen LogP contribution in [-0.4, -0.2) is 37.0 Å². The summed E-state index contributed by atoms with van der Waals surface area (Å²) in [6.45, 7) is 5.09. The Balaban J connectivity index is 3.49. The number of allylic oxidation sites excluding steroid dienone is 18. The number of carbonyl (C=O) groups is 1. The zero-order valence-electron chi connectivity index (χ0n) is 38.5. The first-order chi connectivity index (χ1) is 29.2. The van der Waals surface area contributed by atoms with Gasteiger partial charge in [-0.2, -0.15) is 0 Å². The lowest BCUT2D eigenvalue weighted by Gasteiger charge is -2.16. The molecule has 4 heteroatoms. The Labute approximate surface area is 365 Å². The summed E-state index contributed by atoms with van der Waals surface area (Å²) in [7, 11) is 0. The minimum Gasteiger partial charge on any atom is -0.457 e. The molecule has 59 heavy (non-hydrogen) atoms. The van der Waals surface area contributed by atoms with Gasteiger partial charge in [0.2, 0.25) is 0 Å². The van der Waals surface area contributed by atoms with Gasteiger partial charge in [0.25, 0.3) is 0 Å². The number of carbonyl (C=O) groups excluding carboxylic acids is 1. The molecule has 1 N–H and O–H groups in total. The van der Waals surface area contributed by atoms with E-state index in [-0.39, 0.29) is 19.2 Å². The molecule has 0 bridgehead atoms. The van der Waals surface area contributed by atoms with Crippen molar-refractivity contribution in [2.75, 3.05) is 19.8 Å². The molecule has 0 radical (unpaired) electrons. The van der Waals surface area contributed by atoms with Gasteiger partial charge in [-0.25, -0.2) is 0 Å². The van der Waals surface area contributed by atoms with Crippen LogP contribution < -0.4 is 0 Å². The van der Waals surface area contributed by atoms with E-state index in [0.29, 0.717) is 13.0 Å². The molecule has 0 aliphatic carbocycles. The highest BCUT2D eigenvalue weighted by atomic mass is 16.6. The van der Waals surface area contributed by atoms with Gasteiger partial charge < -0.3 is 14.6 Å². The number of hydrogen-bond donors (Lipinski definition) is 1. The molecule has 0 aliphatic rings. The Bertz CT molecular complexity index is 1130. The van der Waals surface area contributed by atoms with E-state index < -0.39 is 6.10 Å². The van der Waals surface area contributed by atoms with Crippen molar-refractivity contribution in [3.63, 3.8) is 0 Å². The molecule has 0 aliphatic heterocycles. The van der Waals surface area contributed by atoms with Crippen LogP contribution in [0.1, 0.15) is 206 Å². The van der Waals surface area contributed by atoms with Gasteiger partial charge in [-0.15, -0.1) is 0 Å². The van der Waals surface area contributed by atoms with Crippen molar-refractivity contribution < 1.29 is 19.4 Å². The molecule has 0 rings (SSSR count). The van der Waals surface area contributed by atoms with Gasteiger partial charge in [-0.05, 0) is 96.3 Å². The topological polar surface area (TPSA) is 55.8 Å². The van der Waals surface area contributed by atoms with Crippen molar-refractivity contribution in [2.24, 2.45) is 0 Å². The molecule has 0 aromatic carbocycles. The van der Waals surface area contributed by atoms with Crippen LogP contribution in [0.2, 0.25) is 0 Å². The van der Waals surface area contributed by atoms with Crippen LogP contribution in [0.25, 0.3) is 0 Å². The normalized spacial score (nSPS) is 13.3. The van der Waals surface area contributed by atoms with Crippen molar-refractivity contribution >= 4 is 5.97 Å². The predicted octanol–water partition coefficient (Wildman–Crippen LogP) is 16.7. The van der Waals surface area contributed by atoms with Gasteiger partial charge in [-0.3, -0.25) is 4.79 Å². The van der Waals surface area contributed by atoms with Crippen molar-refractivity contribution in [3.05, 3.63) is 109 Å². The number of aliphatic hydroxyl groups excluding tert-OH is 1. The first kappa shape index (κ1) is 56.0. The lowest BCUT2D eigenvalue weighted by molar-refractivity contribution is -0.154. The first-order valence-electron chi connectivity index (χ1n) is 24.5. The first-order valence-corrected chi connectivity index (χ1v) is 24.5. The van der Waals surface area contributed by atoms with Crippen LogP contribution in [0.5, 0.6) is 0 Å². The third kappa shape index (κ3) is 49.3. The maximum absolute atomic E-state index is 12.3. The van der Waals surface area contributed by atoms with Crippen molar-refractivity contribution in [1.82, 2.24) is 0 Å². The average Bonchev–Trinajstić information content (AvgIpc) is 3.24. The predicted molar refractivity (Wildman–Crippen MR) is 260 cm³/mol. The molecule has 0 aromatic rings. The molecule has 0 amide bonds. The van der Waals surface area contributed by atoms with Gasteiger partial charge in [-0.1, -0.05) is 213 Å². The quantitative estimate of drug-likeness (QED) is 0.0378. The standard InChI is InChI=1S/C55H92O4/c1-3-5-7-9-11-13-15-17-19-21-23-25-27-29-31-33-35-37-39-41-43-45-47-49-51-58-53-54(52-56)59-55(57)50-48-46-44-42-40-38-36-34-32-30-28-26-24-22-20-18-16-14-12-10-8-6-4-2/h5-8,11-14,17-20,23-26,29,31,54,56H,3-4,9-10,15-16,21-22,27-28,30,32-53H2,1-2H3/b7-5-,8-6-,13-11-,14-12-,19-17-,20-18-,25-23-,26-24-,31-29-. The van der Waals surface area contributed by atoms with E-state index in [4.69, 9.17) is 9.47 Å². The van der Waals surface area contributed by atoms with Gasteiger partial charge in [0.1, 0.15) is 6.10 Å². The van der Waals surface area contributed by atoms with Gasteiger partial charge in [0.05, 0.1) is 13.2 Å². The molecule has 0 spiro atoms. The van der Waals surface area contributed by atoms with Crippen LogP contribution in [0.15, 0.2) is 109 Å². The second-order valence-electron chi connectivity index (χ2n) is 15.8. The van der Waals surface area contributed by atoms with Crippen LogP contribution in [0, 0.1) is 0 Å². The Kier molecular flexibility index (Phi) is 48.6. The second-order valence-corrected chi connectivity index (χ2v) is 15.8. The minimum absolute atomic E-state index is 0.183. The minimum atomic E-state index is -0.550. The molecule has 0 heterocycles. The van der Waals surface area contributed by atoms with E-state index in [0.717, 1.165) is 83.5 Å². The van der Waals surface area contributed by atoms with Crippen molar-refractivity contribution in [3.8, 4) is 0 Å². The van der Waals surface area contributed by atoms with Gasteiger partial charge in [0.15, 0.2) is 0 Å². The molecular weight excluding hydrogens is 725 g/mol. The van der Waals surface area contributed by atoms with E-state index in [1.165, 1.54) is 103 Å². The molecule has 4 nitrogen and oxygen atoms in total. The summed E-state index contributed by atoms with van der Waals surface area (Å²) >= 11 is 0. The van der Waals surface area contributed by atoms with Gasteiger partial charge >= 0.3 is 5.97 Å². The lowest BCUT2D eigenvalue weighted by atomic mass is 10.0. The van der Waals surface area contributed by atoms with E-state index in [1.807, 2.05) is 0 Å². The summed E-state index contributed by atoms with van der Waals surface area (Å²) in [5, 5.41) is 9.65. The molecule has 0 saturated heterocycles. The number of ether oxygens (including phenoxy) is 2. The van der Waals surface area contributed by atoms with E-state index in [2.05, 4.69) is 123 Å². The highest BCUT2D eigenvalue weighted by molar-refractivity contribution is 5.69. The van der Waals surface area contributed by atoms with Crippen molar-refractivity contribution in [1.29, 1.82) is 0 Å². The number of unbranched alkanes of at least 4 members (excludes halogenated alkanes) is 18. The van der Waals surface area contributed by atoms with Crippen LogP contribution in [-0.2, 0) is 14.3 Å². The maximum atomic E-state index is 12.3. The number of esters is 1. The Morgan fingerprint density at radius 3 is 1.07 bits per heavy atom. The zero-order valence-corrected chi connectivity index (χ0v) is 38.5. The zero-order chi connectivity index (χ0) is 42.6. The molecule has 1 atom stereocenters. The highest BCUT2D eigenvalue weighted by Gasteiger charge is 2.13. The summed E-state index contributed by atoms with van der Waals surface area (Å²) in [4.78, 5) is 12.3. The van der Waals surface area contributed by atoms with Gasteiger partial charge in [0, 0.05) is 13.0 Å². The van der Waals surface area contributed by atoms with Crippen LogP contribution >= 0.6 is 0 Å². The summed E-state index contributed by atoms with van der Waals surface area (Å²) in [5.74, 6) is -0.212. The molecule has 0 fully saturated rings. The summed E-state index contributed by atoms with van der Waals surface area (Å²) in [5.41, 5.74) is 0. The Morgan fingerprint density at radius 2 is 0.712 bits per heavy atom. The molecule has 0 saturated carbocycles.